The van der Waals surface area contributed by atoms with E-state index >= 15 is 0 Å². The number of methoxy groups -OCH3 is 1. The van der Waals surface area contributed by atoms with Crippen molar-refractivity contribution in [3.05, 3.63) is 29.5 Å². The number of aromatic nitrogens is 1. The molecule has 6 nitrogen and oxygen atoms in total. The molecular formula is C21H28FN3O3. The molecule has 3 atom stereocenters. The molecule has 0 radical (unpaired) electrons. The second-order valence-corrected chi connectivity index (χ2v) is 7.49. The number of hydrogen-bond donors (Lipinski definition) is 2. The average Bonchev–Trinajstić information content (AvgIpc) is 2.97. The number of ether oxygens (including phenoxy) is 2. The van der Waals surface area contributed by atoms with E-state index in [9.17, 15) is 9.18 Å². The van der Waals surface area contributed by atoms with Crippen LogP contribution in [0, 0.1) is 5.92 Å². The Morgan fingerprint density at radius 3 is 2.68 bits per heavy atom. The van der Waals surface area contributed by atoms with Crippen LogP contribution in [0.25, 0.3) is 10.8 Å². The number of benzene rings is 1. The molecule has 0 spiro atoms. The first-order valence-electron chi connectivity index (χ1n) is 9.68. The van der Waals surface area contributed by atoms with Crippen LogP contribution in [0.1, 0.15) is 44.2 Å². The standard InChI is InChI=1S/C21H28FN3O3/c1-5-13-17(25-20(26)19(13)22)10-28-21-15-7-18(27-4)12(8-23)6-14(15)16(9-24-21)11(2)3/h6-7,9,11,13,17,19H,5,8,10,23H2,1-4H3,(H,25,26)/t13-,17+,19-/m0/s1. The molecule has 1 aromatic heterocycles. The number of rotatable bonds is 7. The number of alkyl halides is 1. The molecule has 28 heavy (non-hydrogen) atoms. The van der Waals surface area contributed by atoms with Crippen LogP contribution in [0.4, 0.5) is 4.39 Å². The molecule has 2 heterocycles. The fraction of sp³-hybridized carbons (Fsp3) is 0.524. The Morgan fingerprint density at radius 1 is 1.32 bits per heavy atom. The second-order valence-electron chi connectivity index (χ2n) is 7.49. The molecule has 1 amide bonds. The predicted molar refractivity (Wildman–Crippen MR) is 106 cm³/mol. The molecule has 3 rings (SSSR count). The van der Waals surface area contributed by atoms with Gasteiger partial charge in [-0.1, -0.05) is 20.8 Å². The fourth-order valence-electron chi connectivity index (χ4n) is 3.83. The minimum absolute atomic E-state index is 0.161. The van der Waals surface area contributed by atoms with Gasteiger partial charge in [-0.2, -0.15) is 0 Å². The molecule has 1 aromatic carbocycles. The molecule has 2 aromatic rings. The third-order valence-electron chi connectivity index (χ3n) is 5.47. The summed E-state index contributed by atoms with van der Waals surface area (Å²) in [5, 5.41) is 4.51. The van der Waals surface area contributed by atoms with E-state index in [2.05, 4.69) is 24.1 Å². The molecule has 152 valence electrons. The van der Waals surface area contributed by atoms with Gasteiger partial charge in [0.25, 0.3) is 5.91 Å². The number of carbonyl (C=O) groups excluding carboxylic acids is 1. The summed E-state index contributed by atoms with van der Waals surface area (Å²) in [4.78, 5) is 16.2. The van der Waals surface area contributed by atoms with E-state index in [0.717, 1.165) is 21.9 Å². The van der Waals surface area contributed by atoms with Gasteiger partial charge in [-0.15, -0.1) is 0 Å². The molecule has 1 saturated heterocycles. The molecule has 0 bridgehead atoms. The molecule has 3 N–H and O–H groups in total. The van der Waals surface area contributed by atoms with Crippen LogP contribution >= 0.6 is 0 Å². The maximum atomic E-state index is 14.0. The number of pyridine rings is 1. The molecule has 1 aliphatic heterocycles. The zero-order valence-corrected chi connectivity index (χ0v) is 16.8. The van der Waals surface area contributed by atoms with Gasteiger partial charge in [0.2, 0.25) is 5.88 Å². The SMILES string of the molecule is CC[C@@H]1[C@H](F)C(=O)N[C@@H]1COc1ncc(C(C)C)c2cc(CN)c(OC)cc12. The maximum Gasteiger partial charge on any atom is 0.255 e. The summed E-state index contributed by atoms with van der Waals surface area (Å²) >= 11 is 0. The number of carbonyl (C=O) groups is 1. The number of fused-ring (bicyclic) bond motifs is 1. The highest BCUT2D eigenvalue weighted by atomic mass is 19.1. The summed E-state index contributed by atoms with van der Waals surface area (Å²) in [5.41, 5.74) is 7.87. The highest BCUT2D eigenvalue weighted by Gasteiger charge is 2.41. The Hall–Kier alpha value is -2.41. The van der Waals surface area contributed by atoms with Crippen LogP contribution in [0.15, 0.2) is 18.3 Å². The zero-order valence-electron chi connectivity index (χ0n) is 16.8. The number of nitrogens with zero attached hydrogens (tertiary/aromatic N) is 1. The van der Waals surface area contributed by atoms with Crippen LogP contribution in [0.2, 0.25) is 0 Å². The lowest BCUT2D eigenvalue weighted by Crippen LogP contribution is -2.34. The summed E-state index contributed by atoms with van der Waals surface area (Å²) in [6.07, 6.45) is 0.874. The molecule has 7 heteroatoms. The normalized spacial score (nSPS) is 22.0. The van der Waals surface area contributed by atoms with Crippen LogP contribution in [0.5, 0.6) is 11.6 Å². The topological polar surface area (TPSA) is 86.5 Å². The molecule has 1 fully saturated rings. The first-order valence-corrected chi connectivity index (χ1v) is 9.68. The predicted octanol–water partition coefficient (Wildman–Crippen LogP) is 3.07. The summed E-state index contributed by atoms with van der Waals surface area (Å²) in [6, 6.07) is 3.52. The van der Waals surface area contributed by atoms with Crippen molar-refractivity contribution in [2.24, 2.45) is 11.7 Å². The van der Waals surface area contributed by atoms with E-state index in [1.54, 1.807) is 13.3 Å². The summed E-state index contributed by atoms with van der Waals surface area (Å²) in [5.74, 6) is 0.420. The third-order valence-corrected chi connectivity index (χ3v) is 5.47. The van der Waals surface area contributed by atoms with Gasteiger partial charge in [0, 0.05) is 29.6 Å². The van der Waals surface area contributed by atoms with Gasteiger partial charge in [0.1, 0.15) is 12.4 Å². The Balaban J connectivity index is 1.97. The fourth-order valence-corrected chi connectivity index (χ4v) is 3.83. The number of nitrogens with two attached hydrogens (primary N) is 1. The van der Waals surface area contributed by atoms with Crippen molar-refractivity contribution in [2.45, 2.75) is 51.9 Å². The number of halogens is 1. The van der Waals surface area contributed by atoms with Crippen LogP contribution < -0.4 is 20.5 Å². The van der Waals surface area contributed by atoms with Gasteiger partial charge in [0.05, 0.1) is 13.2 Å². The van der Waals surface area contributed by atoms with Gasteiger partial charge < -0.3 is 20.5 Å². The van der Waals surface area contributed by atoms with E-state index in [0.29, 0.717) is 24.6 Å². The Labute approximate surface area is 164 Å². The van der Waals surface area contributed by atoms with Crippen molar-refractivity contribution >= 4 is 16.7 Å². The highest BCUT2D eigenvalue weighted by Crippen LogP contribution is 2.35. The Kier molecular flexibility index (Phi) is 6.03. The molecular weight excluding hydrogens is 361 g/mol. The van der Waals surface area contributed by atoms with E-state index in [-0.39, 0.29) is 18.6 Å². The quantitative estimate of drug-likeness (QED) is 0.760. The smallest absolute Gasteiger partial charge is 0.255 e. The summed E-state index contributed by atoms with van der Waals surface area (Å²) < 4.78 is 25.5. The monoisotopic (exact) mass is 389 g/mol. The molecule has 0 saturated carbocycles. The van der Waals surface area contributed by atoms with Crippen molar-refractivity contribution in [3.63, 3.8) is 0 Å². The number of nitrogens with one attached hydrogen (secondary N) is 1. The molecule has 0 aliphatic carbocycles. The van der Waals surface area contributed by atoms with Crippen LogP contribution in [0.3, 0.4) is 0 Å². The van der Waals surface area contributed by atoms with Gasteiger partial charge in [-0.05, 0) is 35.4 Å². The second kappa shape index (κ2) is 8.31. The maximum absolute atomic E-state index is 14.0. The first kappa shape index (κ1) is 20.3. The van der Waals surface area contributed by atoms with Gasteiger partial charge >= 0.3 is 0 Å². The molecule has 0 unspecified atom stereocenters. The lowest BCUT2D eigenvalue weighted by Gasteiger charge is -2.20. The van der Waals surface area contributed by atoms with Gasteiger partial charge in [0.15, 0.2) is 6.17 Å². The van der Waals surface area contributed by atoms with Crippen molar-refractivity contribution in [1.29, 1.82) is 0 Å². The van der Waals surface area contributed by atoms with Crippen molar-refractivity contribution in [2.75, 3.05) is 13.7 Å². The highest BCUT2D eigenvalue weighted by molar-refractivity contribution is 5.92. The van der Waals surface area contributed by atoms with Crippen LogP contribution in [-0.2, 0) is 11.3 Å². The molecule has 1 aliphatic rings. The largest absolute Gasteiger partial charge is 0.496 e. The Bertz CT molecular complexity index is 872. The summed E-state index contributed by atoms with van der Waals surface area (Å²) in [7, 11) is 1.60. The lowest BCUT2D eigenvalue weighted by molar-refractivity contribution is -0.123. The zero-order chi connectivity index (χ0) is 20.4. The lowest BCUT2D eigenvalue weighted by atomic mass is 9.96. The van der Waals surface area contributed by atoms with Gasteiger partial charge in [-0.3, -0.25) is 4.79 Å². The van der Waals surface area contributed by atoms with Crippen molar-refractivity contribution in [1.82, 2.24) is 10.3 Å². The summed E-state index contributed by atoms with van der Waals surface area (Å²) in [6.45, 7) is 6.60. The van der Waals surface area contributed by atoms with E-state index in [1.807, 2.05) is 19.1 Å². The average molecular weight is 389 g/mol. The first-order chi connectivity index (χ1) is 13.4. The van der Waals surface area contributed by atoms with Crippen LogP contribution in [-0.4, -0.2) is 36.8 Å². The van der Waals surface area contributed by atoms with E-state index in [4.69, 9.17) is 15.2 Å². The van der Waals surface area contributed by atoms with E-state index < -0.39 is 18.0 Å². The number of hydrogen-bond acceptors (Lipinski definition) is 5. The minimum Gasteiger partial charge on any atom is -0.496 e. The van der Waals surface area contributed by atoms with Gasteiger partial charge in [-0.25, -0.2) is 9.37 Å². The number of amides is 1. The van der Waals surface area contributed by atoms with E-state index in [1.165, 1.54) is 0 Å². The van der Waals surface area contributed by atoms with Crippen molar-refractivity contribution in [3.8, 4) is 11.6 Å². The third kappa shape index (κ3) is 3.63. The Morgan fingerprint density at radius 2 is 2.07 bits per heavy atom. The minimum atomic E-state index is -1.49. The van der Waals surface area contributed by atoms with Crippen molar-refractivity contribution < 1.29 is 18.7 Å².